The quantitative estimate of drug-likeness (QED) is 0.708. The van der Waals surface area contributed by atoms with E-state index >= 15 is 0 Å². The number of nitrogens with zero attached hydrogens (tertiary/aromatic N) is 4. The molecule has 0 radical (unpaired) electrons. The summed E-state index contributed by atoms with van der Waals surface area (Å²) in [5.41, 5.74) is 0.917. The van der Waals surface area contributed by atoms with Crippen LogP contribution in [0.1, 0.15) is 11.6 Å². The normalized spacial score (nSPS) is 11.9. The van der Waals surface area contributed by atoms with Crippen LogP contribution < -0.4 is 0 Å². The molecule has 0 saturated heterocycles. The average molecular weight is 184 g/mol. The Bertz CT molecular complexity index is 427. The average Bonchev–Trinajstić information content (AvgIpc) is 2.74. The Balaban J connectivity index is 2.38. The number of hydrogen-bond acceptors (Lipinski definition) is 3. The van der Waals surface area contributed by atoms with Crippen LogP contribution in [0.3, 0.4) is 0 Å². The molecule has 0 aliphatic rings. The maximum Gasteiger partial charge on any atom is 0.165 e. The fourth-order valence-electron chi connectivity index (χ4n) is 1.27. The van der Waals surface area contributed by atoms with E-state index in [0.29, 0.717) is 0 Å². The molecule has 0 N–H and O–H groups in total. The van der Waals surface area contributed by atoms with Crippen LogP contribution in [0, 0.1) is 11.3 Å². The van der Waals surface area contributed by atoms with Crippen molar-refractivity contribution in [3.05, 3.63) is 48.5 Å². The Labute approximate surface area is 81.4 Å². The predicted molar refractivity (Wildman–Crippen MR) is 50.2 cm³/mol. The lowest BCUT2D eigenvalue weighted by Crippen LogP contribution is -2.08. The Morgan fingerprint density at radius 2 is 2.07 bits per heavy atom. The molecule has 1 atom stereocenters. The first kappa shape index (κ1) is 8.45. The monoisotopic (exact) mass is 184 g/mol. The van der Waals surface area contributed by atoms with Gasteiger partial charge in [0.2, 0.25) is 0 Å². The van der Waals surface area contributed by atoms with E-state index in [-0.39, 0.29) is 0 Å². The van der Waals surface area contributed by atoms with E-state index in [2.05, 4.69) is 16.2 Å². The van der Waals surface area contributed by atoms with Crippen molar-refractivity contribution < 1.29 is 0 Å². The minimum Gasteiger partial charge on any atom is -0.231 e. The second kappa shape index (κ2) is 3.71. The molecule has 2 aromatic rings. The Morgan fingerprint density at radius 1 is 1.29 bits per heavy atom. The van der Waals surface area contributed by atoms with Crippen LogP contribution in [0.4, 0.5) is 0 Å². The molecule has 4 heteroatoms. The second-order valence-electron chi connectivity index (χ2n) is 2.82. The van der Waals surface area contributed by atoms with Gasteiger partial charge in [0.25, 0.3) is 0 Å². The molecule has 0 bridgehead atoms. The summed E-state index contributed by atoms with van der Waals surface area (Å²) in [5.74, 6) is 0. The van der Waals surface area contributed by atoms with E-state index in [1.165, 1.54) is 11.0 Å². The smallest absolute Gasteiger partial charge is 0.165 e. The Kier molecular flexibility index (Phi) is 2.24. The SMILES string of the molecule is N#CC(c1ccccc1)n1cncn1. The number of benzene rings is 1. The van der Waals surface area contributed by atoms with Crippen LogP contribution in [0.5, 0.6) is 0 Å². The summed E-state index contributed by atoms with van der Waals surface area (Å²) in [7, 11) is 0. The molecule has 68 valence electrons. The molecule has 1 aromatic heterocycles. The Hall–Kier alpha value is -2.15. The van der Waals surface area contributed by atoms with Crippen molar-refractivity contribution in [1.82, 2.24) is 14.8 Å². The highest BCUT2D eigenvalue weighted by Gasteiger charge is 2.11. The van der Waals surface area contributed by atoms with Crippen molar-refractivity contribution in [3.63, 3.8) is 0 Å². The van der Waals surface area contributed by atoms with Gasteiger partial charge >= 0.3 is 0 Å². The summed E-state index contributed by atoms with van der Waals surface area (Å²) in [6, 6.07) is 11.3. The van der Waals surface area contributed by atoms with E-state index in [0.717, 1.165) is 5.56 Å². The molecule has 4 nitrogen and oxygen atoms in total. The van der Waals surface area contributed by atoms with Crippen LogP contribution in [0.25, 0.3) is 0 Å². The van der Waals surface area contributed by atoms with Gasteiger partial charge in [0.1, 0.15) is 12.7 Å². The zero-order valence-electron chi connectivity index (χ0n) is 7.41. The van der Waals surface area contributed by atoms with Crippen molar-refractivity contribution in [2.45, 2.75) is 6.04 Å². The first-order chi connectivity index (χ1) is 6.92. The molecule has 0 aliphatic carbocycles. The number of aromatic nitrogens is 3. The highest BCUT2D eigenvalue weighted by molar-refractivity contribution is 5.24. The number of hydrogen-bond donors (Lipinski definition) is 0. The zero-order valence-corrected chi connectivity index (χ0v) is 7.41. The third-order valence-corrected chi connectivity index (χ3v) is 1.94. The maximum atomic E-state index is 9.01. The molecule has 0 amide bonds. The lowest BCUT2D eigenvalue weighted by molar-refractivity contribution is 0.619. The van der Waals surface area contributed by atoms with Crippen molar-refractivity contribution in [2.24, 2.45) is 0 Å². The van der Waals surface area contributed by atoms with Crippen molar-refractivity contribution >= 4 is 0 Å². The van der Waals surface area contributed by atoms with E-state index in [1.807, 2.05) is 30.3 Å². The van der Waals surface area contributed by atoms with Gasteiger partial charge in [-0.2, -0.15) is 10.4 Å². The van der Waals surface area contributed by atoms with Gasteiger partial charge in [0, 0.05) is 0 Å². The molecule has 1 unspecified atom stereocenters. The van der Waals surface area contributed by atoms with E-state index in [1.54, 1.807) is 6.33 Å². The van der Waals surface area contributed by atoms with Crippen LogP contribution >= 0.6 is 0 Å². The second-order valence-corrected chi connectivity index (χ2v) is 2.82. The van der Waals surface area contributed by atoms with Gasteiger partial charge in [-0.05, 0) is 5.56 Å². The molecular formula is C10H8N4. The van der Waals surface area contributed by atoms with Gasteiger partial charge in [-0.15, -0.1) is 0 Å². The topological polar surface area (TPSA) is 54.5 Å². The lowest BCUT2D eigenvalue weighted by Gasteiger charge is -2.07. The van der Waals surface area contributed by atoms with Gasteiger partial charge < -0.3 is 0 Å². The van der Waals surface area contributed by atoms with E-state index in [9.17, 15) is 0 Å². The molecule has 2 rings (SSSR count). The predicted octanol–water partition coefficient (Wildman–Crippen LogP) is 1.39. The molecule has 0 fully saturated rings. The fourth-order valence-corrected chi connectivity index (χ4v) is 1.27. The number of rotatable bonds is 2. The third kappa shape index (κ3) is 1.48. The minimum atomic E-state index is -0.390. The molecule has 14 heavy (non-hydrogen) atoms. The molecular weight excluding hydrogens is 176 g/mol. The summed E-state index contributed by atoms with van der Waals surface area (Å²) in [5, 5.41) is 13.0. The maximum absolute atomic E-state index is 9.01. The van der Waals surface area contributed by atoms with Gasteiger partial charge in [0.15, 0.2) is 6.04 Å². The number of nitriles is 1. The summed E-state index contributed by atoms with van der Waals surface area (Å²) in [6.07, 6.45) is 2.97. The van der Waals surface area contributed by atoms with Crippen LogP contribution in [0.15, 0.2) is 43.0 Å². The molecule has 0 aliphatic heterocycles. The Morgan fingerprint density at radius 3 is 2.64 bits per heavy atom. The standard InChI is InChI=1S/C10H8N4/c11-6-10(14-8-12-7-13-14)9-4-2-1-3-5-9/h1-5,7-8,10H. The first-order valence-corrected chi connectivity index (χ1v) is 4.20. The third-order valence-electron chi connectivity index (χ3n) is 1.94. The van der Waals surface area contributed by atoms with Gasteiger partial charge in [-0.1, -0.05) is 30.3 Å². The van der Waals surface area contributed by atoms with E-state index in [4.69, 9.17) is 5.26 Å². The van der Waals surface area contributed by atoms with Gasteiger partial charge in [-0.3, -0.25) is 0 Å². The minimum absolute atomic E-state index is 0.390. The van der Waals surface area contributed by atoms with Crippen molar-refractivity contribution in [3.8, 4) is 6.07 Å². The summed E-state index contributed by atoms with van der Waals surface area (Å²) < 4.78 is 1.54. The van der Waals surface area contributed by atoms with Crippen molar-refractivity contribution in [2.75, 3.05) is 0 Å². The highest BCUT2D eigenvalue weighted by Crippen LogP contribution is 2.14. The summed E-state index contributed by atoms with van der Waals surface area (Å²) in [4.78, 5) is 3.82. The van der Waals surface area contributed by atoms with Gasteiger partial charge in [0.05, 0.1) is 6.07 Å². The summed E-state index contributed by atoms with van der Waals surface area (Å²) >= 11 is 0. The van der Waals surface area contributed by atoms with E-state index < -0.39 is 6.04 Å². The highest BCUT2D eigenvalue weighted by atomic mass is 15.3. The molecule has 1 aromatic carbocycles. The first-order valence-electron chi connectivity index (χ1n) is 4.20. The molecule has 0 saturated carbocycles. The molecule has 0 spiro atoms. The fraction of sp³-hybridized carbons (Fsp3) is 0.100. The largest absolute Gasteiger partial charge is 0.231 e. The summed E-state index contributed by atoms with van der Waals surface area (Å²) in [6.45, 7) is 0. The van der Waals surface area contributed by atoms with Crippen LogP contribution in [-0.2, 0) is 0 Å². The van der Waals surface area contributed by atoms with Crippen LogP contribution in [0.2, 0.25) is 0 Å². The molecule has 1 heterocycles. The van der Waals surface area contributed by atoms with Crippen molar-refractivity contribution in [1.29, 1.82) is 5.26 Å². The zero-order chi connectivity index (χ0) is 9.80. The van der Waals surface area contributed by atoms with Gasteiger partial charge in [-0.25, -0.2) is 9.67 Å². The lowest BCUT2D eigenvalue weighted by atomic mass is 10.1. The van der Waals surface area contributed by atoms with Crippen LogP contribution in [-0.4, -0.2) is 14.8 Å².